The number of aliphatic carboxylic acids is 1. The highest BCUT2D eigenvalue weighted by atomic mass is 16.5. The Labute approximate surface area is 364 Å². The highest BCUT2D eigenvalue weighted by molar-refractivity contribution is 6.01. The number of carbonyl (C=O) groups excluding carboxylic acids is 4. The summed E-state index contributed by atoms with van der Waals surface area (Å²) in [6, 6.07) is 1.77. The summed E-state index contributed by atoms with van der Waals surface area (Å²) < 4.78 is 6.42. The molecule has 2 amide bonds. The highest BCUT2D eigenvalue weighted by Crippen LogP contribution is 2.77. The van der Waals surface area contributed by atoms with E-state index in [1.54, 1.807) is 6.07 Å². The second-order valence-electron chi connectivity index (χ2n) is 23.9. The molecule has 61 heavy (non-hydrogen) atoms. The van der Waals surface area contributed by atoms with E-state index < -0.39 is 34.2 Å². The summed E-state index contributed by atoms with van der Waals surface area (Å²) in [5.41, 5.74) is 1.36. The van der Waals surface area contributed by atoms with Crippen molar-refractivity contribution < 1.29 is 33.8 Å². The van der Waals surface area contributed by atoms with E-state index in [4.69, 9.17) is 4.74 Å². The van der Waals surface area contributed by atoms with Crippen molar-refractivity contribution in [3.8, 4) is 0 Å². The summed E-state index contributed by atoms with van der Waals surface area (Å²) in [5.74, 6) is -0.851. The number of ketones is 1. The molecule has 0 aromatic carbocycles. The Bertz CT molecular complexity index is 2010. The van der Waals surface area contributed by atoms with Crippen LogP contribution in [0.5, 0.6) is 0 Å². The number of allylic oxidation sites excluding steroid dienone is 2. The molecule has 10 atom stereocenters. The Morgan fingerprint density at radius 1 is 0.869 bits per heavy atom. The third-order valence-corrected chi connectivity index (χ3v) is 18.8. The Hall–Kier alpha value is -3.50. The smallest absolute Gasteiger partial charge is 0.309 e. The normalized spacial score (nSPS) is 37.5. The standard InChI is InChI=1S/C50H76N4O7/c1-27(2)32-23-33(54-53-32)41(57)52-44(5,6)26-51-38(56)25-50-21-20-48(12)29(40(50)39(28(3)4)34(55)24-50)14-15-36-47(11)18-17-37(46(9,10)35(47)16-19-49(36,48)13)61-43(60)31-22-30(42(58)59)45(31,7)8/h23,27-31,35-37H,14-22,24-26H2,1-13H3,(H,51,56)(H,52,57)(H,53,54)(H,58,59)/t29-,30+,31-,35+,36-,37+,47+,48-,49-,50+/m1/s1. The van der Waals surface area contributed by atoms with Crippen LogP contribution in [0.15, 0.2) is 17.2 Å². The quantitative estimate of drug-likeness (QED) is 0.160. The number of carboxylic acid groups (broad SMARTS) is 1. The number of amides is 2. The van der Waals surface area contributed by atoms with Gasteiger partial charge in [0.25, 0.3) is 5.91 Å². The van der Waals surface area contributed by atoms with E-state index in [1.165, 1.54) is 5.57 Å². The van der Waals surface area contributed by atoms with Crippen molar-refractivity contribution in [1.29, 1.82) is 0 Å². The van der Waals surface area contributed by atoms with Crippen LogP contribution in [-0.2, 0) is 23.9 Å². The molecule has 0 saturated heterocycles. The monoisotopic (exact) mass is 845 g/mol. The number of nitrogens with zero attached hydrogens (tertiary/aromatic N) is 1. The minimum Gasteiger partial charge on any atom is -0.481 e. The first-order valence-electron chi connectivity index (χ1n) is 23.5. The van der Waals surface area contributed by atoms with E-state index in [1.807, 2.05) is 41.5 Å². The predicted octanol–water partition coefficient (Wildman–Crippen LogP) is 9.19. The van der Waals surface area contributed by atoms with Crippen LogP contribution in [0.3, 0.4) is 0 Å². The van der Waals surface area contributed by atoms with E-state index in [2.05, 4.69) is 69.3 Å². The number of aromatic nitrogens is 2. The molecule has 1 aromatic heterocycles. The minimum absolute atomic E-state index is 0.0180. The number of carboxylic acids is 1. The lowest BCUT2D eigenvalue weighted by Crippen LogP contribution is -2.66. The molecule has 6 aliphatic carbocycles. The Kier molecular flexibility index (Phi) is 11.2. The maximum Gasteiger partial charge on any atom is 0.309 e. The van der Waals surface area contributed by atoms with Crippen molar-refractivity contribution in [3.05, 3.63) is 28.6 Å². The maximum absolute atomic E-state index is 14.2. The summed E-state index contributed by atoms with van der Waals surface area (Å²) in [4.78, 5) is 66.9. The predicted molar refractivity (Wildman–Crippen MR) is 234 cm³/mol. The SMILES string of the molecule is CC(C)C1=C2[C@H]3CC[C@@H]4[C@@]5(C)CC[C@H](OC(=O)[C@H]6C[C@@H](C(=O)O)C6(C)C)C(C)(C)[C@@H]5CC[C@@]4(C)[C@]3(C)CC[C@@]2(CC(=O)NCC(C)(C)NC(=O)c2cc(C(C)C)[nH]n2)CC1=O. The average Bonchev–Trinajstić information content (AvgIpc) is 3.75. The largest absolute Gasteiger partial charge is 0.481 e. The first-order chi connectivity index (χ1) is 28.1. The lowest BCUT2D eigenvalue weighted by atomic mass is 9.33. The van der Waals surface area contributed by atoms with Crippen molar-refractivity contribution in [2.75, 3.05) is 6.54 Å². The van der Waals surface area contributed by atoms with Crippen molar-refractivity contribution in [2.24, 2.45) is 68.0 Å². The molecule has 11 heteroatoms. The van der Waals surface area contributed by atoms with Gasteiger partial charge in [0.2, 0.25) is 5.91 Å². The van der Waals surface area contributed by atoms with Gasteiger partial charge in [-0.3, -0.25) is 29.1 Å². The first kappa shape index (κ1) is 45.5. The van der Waals surface area contributed by atoms with E-state index in [0.29, 0.717) is 30.4 Å². The molecule has 338 valence electrons. The van der Waals surface area contributed by atoms with Gasteiger partial charge in [0.1, 0.15) is 11.8 Å². The summed E-state index contributed by atoms with van der Waals surface area (Å²) in [7, 11) is 0. The van der Waals surface area contributed by atoms with Gasteiger partial charge in [-0.25, -0.2) is 0 Å². The molecule has 6 aliphatic rings. The van der Waals surface area contributed by atoms with E-state index in [-0.39, 0.29) is 82.1 Å². The molecule has 0 radical (unpaired) electrons. The van der Waals surface area contributed by atoms with Crippen LogP contribution in [-0.4, -0.2) is 63.0 Å². The van der Waals surface area contributed by atoms with E-state index >= 15 is 0 Å². The van der Waals surface area contributed by atoms with Gasteiger partial charge in [-0.2, -0.15) is 5.10 Å². The molecule has 5 fully saturated rings. The molecule has 0 unspecified atom stereocenters. The molecular formula is C50H76N4O7. The fourth-order valence-corrected chi connectivity index (χ4v) is 15.0. The molecule has 1 heterocycles. The number of Topliss-reactive ketones (excluding diaryl/α,β-unsaturated/α-hetero) is 1. The number of rotatable bonds is 11. The van der Waals surface area contributed by atoms with E-state index in [9.17, 15) is 29.1 Å². The number of aromatic amines is 1. The molecule has 7 rings (SSSR count). The number of hydrogen-bond acceptors (Lipinski definition) is 7. The van der Waals surface area contributed by atoms with Crippen LogP contribution in [0.1, 0.15) is 183 Å². The van der Waals surface area contributed by atoms with Gasteiger partial charge in [0.15, 0.2) is 5.78 Å². The fraction of sp³-hybridized carbons (Fsp3) is 0.800. The van der Waals surface area contributed by atoms with Gasteiger partial charge in [0.05, 0.1) is 17.4 Å². The van der Waals surface area contributed by atoms with Crippen LogP contribution in [0.2, 0.25) is 0 Å². The van der Waals surface area contributed by atoms with Gasteiger partial charge in [-0.1, -0.05) is 81.7 Å². The Morgan fingerprint density at radius 2 is 1.56 bits per heavy atom. The van der Waals surface area contributed by atoms with E-state index in [0.717, 1.165) is 62.6 Å². The number of nitrogens with one attached hydrogen (secondary N) is 3. The Balaban J connectivity index is 1.08. The third-order valence-electron chi connectivity index (χ3n) is 18.8. The van der Waals surface area contributed by atoms with Gasteiger partial charge in [-0.05, 0) is 135 Å². The molecule has 11 nitrogen and oxygen atoms in total. The number of fused-ring (bicyclic) bond motifs is 7. The van der Waals surface area contributed by atoms with Gasteiger partial charge in [-0.15, -0.1) is 0 Å². The molecule has 4 N–H and O–H groups in total. The van der Waals surface area contributed by atoms with Crippen molar-refractivity contribution >= 4 is 29.5 Å². The molecular weight excluding hydrogens is 769 g/mol. The van der Waals surface area contributed by atoms with Crippen molar-refractivity contribution in [2.45, 2.75) is 178 Å². The average molecular weight is 845 g/mol. The van der Waals surface area contributed by atoms with Crippen LogP contribution in [0.25, 0.3) is 0 Å². The lowest BCUT2D eigenvalue weighted by molar-refractivity contribution is -0.236. The van der Waals surface area contributed by atoms with Gasteiger partial charge >= 0.3 is 11.9 Å². The number of ether oxygens (including phenoxy) is 1. The number of H-pyrrole nitrogens is 1. The van der Waals surface area contributed by atoms with Gasteiger partial charge in [0, 0.05) is 35.9 Å². The Morgan fingerprint density at radius 3 is 2.16 bits per heavy atom. The molecule has 0 spiro atoms. The summed E-state index contributed by atoms with van der Waals surface area (Å²) >= 11 is 0. The van der Waals surface area contributed by atoms with Gasteiger partial charge < -0.3 is 20.5 Å². The third kappa shape index (κ3) is 7.12. The topological polar surface area (TPSA) is 168 Å². The second-order valence-corrected chi connectivity index (χ2v) is 23.9. The zero-order valence-corrected chi connectivity index (χ0v) is 39.5. The number of carbonyl (C=O) groups is 5. The van der Waals surface area contributed by atoms with Crippen molar-refractivity contribution in [3.63, 3.8) is 0 Å². The van der Waals surface area contributed by atoms with Crippen LogP contribution in [0.4, 0.5) is 0 Å². The first-order valence-corrected chi connectivity index (χ1v) is 23.5. The molecule has 0 bridgehead atoms. The molecule has 1 aromatic rings. The lowest BCUT2D eigenvalue weighted by Gasteiger charge is -2.72. The summed E-state index contributed by atoms with van der Waals surface area (Å²) in [5, 5.41) is 23.0. The zero-order chi connectivity index (χ0) is 45.0. The summed E-state index contributed by atoms with van der Waals surface area (Å²) in [6.07, 6.45) is 8.47. The summed E-state index contributed by atoms with van der Waals surface area (Å²) in [6.45, 7) is 28.4. The zero-order valence-electron chi connectivity index (χ0n) is 39.5. The number of hydrogen-bond donors (Lipinski definition) is 4. The second kappa shape index (κ2) is 15.1. The minimum atomic E-state index is -0.841. The van der Waals surface area contributed by atoms with Crippen LogP contribution in [0, 0.1) is 68.0 Å². The highest BCUT2D eigenvalue weighted by Gasteiger charge is 2.70. The van der Waals surface area contributed by atoms with Crippen LogP contribution >= 0.6 is 0 Å². The maximum atomic E-state index is 14.2. The van der Waals surface area contributed by atoms with Crippen LogP contribution < -0.4 is 10.6 Å². The number of esters is 1. The molecule has 5 saturated carbocycles. The fourth-order valence-electron chi connectivity index (χ4n) is 15.0. The van der Waals surface area contributed by atoms with Crippen molar-refractivity contribution in [1.82, 2.24) is 20.8 Å². The molecule has 0 aliphatic heterocycles.